The lowest BCUT2D eigenvalue weighted by molar-refractivity contribution is -0.385. The molecule has 98 valence electrons. The van der Waals surface area contributed by atoms with Crippen molar-refractivity contribution in [2.75, 3.05) is 18.0 Å². The second-order valence-electron chi connectivity index (χ2n) is 4.59. The molecule has 0 unspecified atom stereocenters. The molecular formula is C12H16N2O4. The standard InChI is InChI=1S/C12H16N2O4/c1-8-6-13(7-9(2)18-8)10-3-4-11(14(16)17)12(15)5-10/h3-5,8-9,15H,6-7H2,1-2H3/t8-,9+. The highest BCUT2D eigenvalue weighted by Crippen LogP contribution is 2.31. The summed E-state index contributed by atoms with van der Waals surface area (Å²) in [5.41, 5.74) is 0.508. The Morgan fingerprint density at radius 3 is 2.50 bits per heavy atom. The van der Waals surface area contributed by atoms with Gasteiger partial charge < -0.3 is 14.7 Å². The third kappa shape index (κ3) is 2.53. The van der Waals surface area contributed by atoms with Gasteiger partial charge in [0.15, 0.2) is 5.75 Å². The van der Waals surface area contributed by atoms with Crippen LogP contribution in [0.2, 0.25) is 0 Å². The van der Waals surface area contributed by atoms with Crippen molar-refractivity contribution in [3.8, 4) is 5.75 Å². The second-order valence-corrected chi connectivity index (χ2v) is 4.59. The molecule has 1 aliphatic rings. The van der Waals surface area contributed by atoms with Crippen molar-refractivity contribution in [3.63, 3.8) is 0 Å². The van der Waals surface area contributed by atoms with Crippen LogP contribution in [-0.2, 0) is 4.74 Å². The molecule has 1 saturated heterocycles. The van der Waals surface area contributed by atoms with Gasteiger partial charge in [0.2, 0.25) is 0 Å². The molecule has 1 N–H and O–H groups in total. The van der Waals surface area contributed by atoms with Crippen LogP contribution < -0.4 is 4.90 Å². The van der Waals surface area contributed by atoms with Gasteiger partial charge in [-0.25, -0.2) is 0 Å². The maximum atomic E-state index is 10.6. The van der Waals surface area contributed by atoms with Crippen molar-refractivity contribution in [1.29, 1.82) is 0 Å². The van der Waals surface area contributed by atoms with Crippen molar-refractivity contribution in [2.24, 2.45) is 0 Å². The maximum absolute atomic E-state index is 10.6. The first kappa shape index (κ1) is 12.6. The van der Waals surface area contributed by atoms with Gasteiger partial charge in [0.25, 0.3) is 0 Å². The average Bonchev–Trinajstić information content (AvgIpc) is 2.26. The molecule has 0 saturated carbocycles. The molecule has 1 heterocycles. The van der Waals surface area contributed by atoms with E-state index in [1.807, 2.05) is 13.8 Å². The molecule has 2 rings (SSSR count). The first-order valence-electron chi connectivity index (χ1n) is 5.85. The minimum Gasteiger partial charge on any atom is -0.502 e. The van der Waals surface area contributed by atoms with E-state index in [9.17, 15) is 15.2 Å². The molecule has 0 spiro atoms. The van der Waals surface area contributed by atoms with Gasteiger partial charge in [-0.05, 0) is 19.9 Å². The quantitative estimate of drug-likeness (QED) is 0.642. The molecule has 1 fully saturated rings. The summed E-state index contributed by atoms with van der Waals surface area (Å²) in [5.74, 6) is -0.302. The highest BCUT2D eigenvalue weighted by atomic mass is 16.6. The number of nitro groups is 1. The lowest BCUT2D eigenvalue weighted by Crippen LogP contribution is -2.45. The molecule has 0 aromatic heterocycles. The predicted octanol–water partition coefficient (Wildman–Crippen LogP) is 1.91. The number of morpholine rings is 1. The molecule has 0 aliphatic carbocycles. The van der Waals surface area contributed by atoms with E-state index in [1.165, 1.54) is 12.1 Å². The number of nitrogens with zero attached hydrogens (tertiary/aromatic N) is 2. The van der Waals surface area contributed by atoms with Crippen LogP contribution in [0.5, 0.6) is 5.75 Å². The first-order chi connectivity index (χ1) is 8.47. The number of ether oxygens (including phenoxy) is 1. The SMILES string of the molecule is C[C@@H]1CN(c2ccc([N+](=O)[O-])c(O)c2)C[C@H](C)O1. The monoisotopic (exact) mass is 252 g/mol. The van der Waals surface area contributed by atoms with Crippen molar-refractivity contribution in [3.05, 3.63) is 28.3 Å². The van der Waals surface area contributed by atoms with Gasteiger partial charge in [0, 0.05) is 30.9 Å². The number of rotatable bonds is 2. The number of hydrogen-bond acceptors (Lipinski definition) is 5. The van der Waals surface area contributed by atoms with E-state index in [2.05, 4.69) is 4.90 Å². The van der Waals surface area contributed by atoms with Crippen molar-refractivity contribution >= 4 is 11.4 Å². The summed E-state index contributed by atoms with van der Waals surface area (Å²) in [6, 6.07) is 4.42. The van der Waals surface area contributed by atoms with Gasteiger partial charge in [-0.3, -0.25) is 10.1 Å². The van der Waals surface area contributed by atoms with Gasteiger partial charge in [0.05, 0.1) is 17.1 Å². The number of benzene rings is 1. The van der Waals surface area contributed by atoms with Gasteiger partial charge >= 0.3 is 5.69 Å². The summed E-state index contributed by atoms with van der Waals surface area (Å²) >= 11 is 0. The number of phenolic OH excluding ortho intramolecular Hbond substituents is 1. The van der Waals surface area contributed by atoms with E-state index < -0.39 is 4.92 Å². The zero-order valence-electron chi connectivity index (χ0n) is 10.4. The lowest BCUT2D eigenvalue weighted by Gasteiger charge is -2.36. The molecule has 0 amide bonds. The summed E-state index contributed by atoms with van der Waals surface area (Å²) < 4.78 is 5.62. The van der Waals surface area contributed by atoms with Crippen LogP contribution >= 0.6 is 0 Å². The summed E-state index contributed by atoms with van der Waals surface area (Å²) in [4.78, 5) is 12.1. The summed E-state index contributed by atoms with van der Waals surface area (Å²) in [6.07, 6.45) is 0.206. The second kappa shape index (κ2) is 4.81. The highest BCUT2D eigenvalue weighted by Gasteiger charge is 2.24. The molecule has 6 nitrogen and oxygen atoms in total. The topological polar surface area (TPSA) is 75.8 Å². The third-order valence-corrected chi connectivity index (χ3v) is 2.94. The van der Waals surface area contributed by atoms with E-state index in [0.717, 1.165) is 5.69 Å². The summed E-state index contributed by atoms with van der Waals surface area (Å²) in [5, 5.41) is 20.3. The number of phenols is 1. The Balaban J connectivity index is 2.23. The van der Waals surface area contributed by atoms with Gasteiger partial charge in [-0.15, -0.1) is 0 Å². The largest absolute Gasteiger partial charge is 0.502 e. The minimum absolute atomic E-state index is 0.103. The van der Waals surface area contributed by atoms with Crippen LogP contribution in [0.1, 0.15) is 13.8 Å². The summed E-state index contributed by atoms with van der Waals surface area (Å²) in [7, 11) is 0. The lowest BCUT2D eigenvalue weighted by atomic mass is 10.2. The molecule has 1 aromatic carbocycles. The molecule has 2 atom stereocenters. The molecule has 18 heavy (non-hydrogen) atoms. The van der Waals surface area contributed by atoms with Crippen molar-refractivity contribution < 1.29 is 14.8 Å². The third-order valence-electron chi connectivity index (χ3n) is 2.94. The van der Waals surface area contributed by atoms with Crippen molar-refractivity contribution in [1.82, 2.24) is 0 Å². The zero-order valence-corrected chi connectivity index (χ0v) is 10.4. The van der Waals surface area contributed by atoms with E-state index in [1.54, 1.807) is 6.07 Å². The average molecular weight is 252 g/mol. The number of hydrogen-bond donors (Lipinski definition) is 1. The Hall–Kier alpha value is -1.82. The van der Waals surface area contributed by atoms with Crippen LogP contribution in [0.25, 0.3) is 0 Å². The van der Waals surface area contributed by atoms with Gasteiger partial charge in [0.1, 0.15) is 0 Å². The zero-order chi connectivity index (χ0) is 13.3. The predicted molar refractivity (Wildman–Crippen MR) is 67.0 cm³/mol. The molecule has 1 aromatic rings. The fraction of sp³-hybridized carbons (Fsp3) is 0.500. The number of aromatic hydroxyl groups is 1. The van der Waals surface area contributed by atoms with Gasteiger partial charge in [-0.1, -0.05) is 0 Å². The number of anilines is 1. The summed E-state index contributed by atoms with van der Waals surface area (Å²) in [6.45, 7) is 5.38. The van der Waals surface area contributed by atoms with Gasteiger partial charge in [-0.2, -0.15) is 0 Å². The van der Waals surface area contributed by atoms with Crippen molar-refractivity contribution in [2.45, 2.75) is 26.1 Å². The van der Waals surface area contributed by atoms with Crippen LogP contribution in [0.15, 0.2) is 18.2 Å². The van der Waals surface area contributed by atoms with E-state index >= 15 is 0 Å². The smallest absolute Gasteiger partial charge is 0.310 e. The van der Waals surface area contributed by atoms with E-state index in [-0.39, 0.29) is 23.6 Å². The molecule has 0 radical (unpaired) electrons. The Labute approximate surface area is 105 Å². The van der Waals surface area contributed by atoms with E-state index in [4.69, 9.17) is 4.74 Å². The molecule has 6 heteroatoms. The van der Waals surface area contributed by atoms with Crippen LogP contribution in [-0.4, -0.2) is 35.3 Å². The Kier molecular flexibility index (Phi) is 3.38. The Morgan fingerprint density at radius 2 is 2.00 bits per heavy atom. The first-order valence-corrected chi connectivity index (χ1v) is 5.85. The molecule has 0 bridgehead atoms. The highest BCUT2D eigenvalue weighted by molar-refractivity contribution is 5.58. The van der Waals surface area contributed by atoms with Crippen LogP contribution in [0, 0.1) is 10.1 Å². The molecule has 1 aliphatic heterocycles. The Morgan fingerprint density at radius 1 is 1.39 bits per heavy atom. The Bertz CT molecular complexity index is 453. The fourth-order valence-corrected chi connectivity index (χ4v) is 2.25. The number of nitro benzene ring substituents is 1. The normalized spacial score (nSPS) is 24.0. The van der Waals surface area contributed by atoms with E-state index in [0.29, 0.717) is 13.1 Å². The minimum atomic E-state index is -0.594. The van der Waals surface area contributed by atoms with Crippen LogP contribution in [0.4, 0.5) is 11.4 Å². The molecular weight excluding hydrogens is 236 g/mol. The maximum Gasteiger partial charge on any atom is 0.310 e. The fourth-order valence-electron chi connectivity index (χ4n) is 2.25. The van der Waals surface area contributed by atoms with Crippen LogP contribution in [0.3, 0.4) is 0 Å².